The van der Waals surface area contributed by atoms with Gasteiger partial charge < -0.3 is 10.1 Å². The average molecular weight is 463 g/mol. The van der Waals surface area contributed by atoms with Crippen molar-refractivity contribution in [2.24, 2.45) is 0 Å². The summed E-state index contributed by atoms with van der Waals surface area (Å²) in [5, 5.41) is 11.4. The van der Waals surface area contributed by atoms with Crippen LogP contribution in [0.1, 0.15) is 24.5 Å². The molecule has 0 aliphatic heterocycles. The first-order valence-electron chi connectivity index (χ1n) is 9.45. The van der Waals surface area contributed by atoms with Crippen molar-refractivity contribution in [2.45, 2.75) is 25.9 Å². The molecule has 0 saturated heterocycles. The second-order valence-electron chi connectivity index (χ2n) is 6.71. The minimum Gasteiger partial charge on any atom is -0.469 e. The Morgan fingerprint density at radius 2 is 1.97 bits per heavy atom. The van der Waals surface area contributed by atoms with Gasteiger partial charge in [-0.15, -0.1) is 0 Å². The van der Waals surface area contributed by atoms with Crippen molar-refractivity contribution in [3.8, 4) is 6.07 Å². The molecule has 32 heavy (non-hydrogen) atoms. The number of nitrogens with zero attached hydrogens (tertiary/aromatic N) is 2. The topological polar surface area (TPSA) is 129 Å². The van der Waals surface area contributed by atoms with E-state index in [2.05, 4.69) is 10.1 Å². The summed E-state index contributed by atoms with van der Waals surface area (Å²) in [6.07, 6.45) is -0.146. The zero-order valence-corrected chi connectivity index (χ0v) is 18.2. The van der Waals surface area contributed by atoms with E-state index in [9.17, 15) is 18.2 Å². The molecule has 0 radical (unpaired) electrons. The molecule has 0 fully saturated rings. The molecule has 11 heteroatoms. The third-order valence-electron chi connectivity index (χ3n) is 4.37. The highest BCUT2D eigenvalue weighted by molar-refractivity contribution is 7.74. The lowest BCUT2D eigenvalue weighted by Gasteiger charge is -2.26. The van der Waals surface area contributed by atoms with Crippen LogP contribution >= 0.6 is 0 Å². The number of hydrogen-bond donors (Lipinski definition) is 2. The molecule has 2 N–H and O–H groups in total. The van der Waals surface area contributed by atoms with Crippen molar-refractivity contribution in [3.05, 3.63) is 59.4 Å². The van der Waals surface area contributed by atoms with Gasteiger partial charge in [0.05, 0.1) is 25.3 Å². The molecular weight excluding hydrogens is 441 g/mol. The molecule has 2 amide bonds. The SMILES string of the molecule is COC(=O)CCc1ccc(N(CC(C)OS(=O)O)C(=O)Nc2ccc(C#N)c(F)c2)cc1. The van der Waals surface area contributed by atoms with Gasteiger partial charge in [0.25, 0.3) is 0 Å². The minimum absolute atomic E-state index is 0.0849. The number of rotatable bonds is 9. The molecule has 170 valence electrons. The van der Waals surface area contributed by atoms with Crippen LogP contribution in [0.25, 0.3) is 0 Å². The van der Waals surface area contributed by atoms with Crippen molar-refractivity contribution in [1.82, 2.24) is 0 Å². The third kappa shape index (κ3) is 7.42. The summed E-state index contributed by atoms with van der Waals surface area (Å²) in [4.78, 5) is 25.5. The summed E-state index contributed by atoms with van der Waals surface area (Å²) in [5.74, 6) is -1.12. The van der Waals surface area contributed by atoms with Crippen molar-refractivity contribution in [3.63, 3.8) is 0 Å². The molecular formula is C21H22FN3O6S. The fourth-order valence-corrected chi connectivity index (χ4v) is 3.14. The first kappa shape index (κ1) is 24.9. The van der Waals surface area contributed by atoms with Crippen molar-refractivity contribution in [1.29, 1.82) is 5.26 Å². The number of halogens is 1. The zero-order valence-electron chi connectivity index (χ0n) is 17.4. The highest BCUT2D eigenvalue weighted by atomic mass is 32.2. The quantitative estimate of drug-likeness (QED) is 0.431. The van der Waals surface area contributed by atoms with Crippen LogP contribution in [0.3, 0.4) is 0 Å². The van der Waals surface area contributed by atoms with Gasteiger partial charge in [-0.1, -0.05) is 12.1 Å². The van der Waals surface area contributed by atoms with Gasteiger partial charge in [0.1, 0.15) is 11.9 Å². The Morgan fingerprint density at radius 1 is 1.28 bits per heavy atom. The Bertz CT molecular complexity index is 1030. The number of benzene rings is 2. The highest BCUT2D eigenvalue weighted by Crippen LogP contribution is 2.20. The van der Waals surface area contributed by atoms with E-state index < -0.39 is 29.3 Å². The van der Waals surface area contributed by atoms with E-state index >= 15 is 0 Å². The van der Waals surface area contributed by atoms with Crippen LogP contribution in [-0.4, -0.2) is 40.5 Å². The number of nitrogens with one attached hydrogen (secondary N) is 1. The van der Waals surface area contributed by atoms with Crippen molar-refractivity contribution in [2.75, 3.05) is 23.9 Å². The highest BCUT2D eigenvalue weighted by Gasteiger charge is 2.21. The Balaban J connectivity index is 2.22. The number of methoxy groups -OCH3 is 1. The number of amides is 2. The van der Waals surface area contributed by atoms with Crippen LogP contribution in [0.2, 0.25) is 0 Å². The molecule has 0 heterocycles. The standard InChI is InChI=1S/C21H22FN3O6S/c1-14(31-32(28)29)13-25(18-8-3-15(4-9-18)5-10-20(26)30-2)21(27)24-17-7-6-16(12-23)19(22)11-17/h3-4,6-9,11,14H,5,10,13H2,1-2H3,(H,24,27)(H,28,29). The lowest BCUT2D eigenvalue weighted by Crippen LogP contribution is -2.40. The fraction of sp³-hybridized carbons (Fsp3) is 0.286. The number of ether oxygens (including phenoxy) is 1. The molecule has 2 rings (SSSR count). The van der Waals surface area contributed by atoms with Crippen LogP contribution in [0.5, 0.6) is 0 Å². The summed E-state index contributed by atoms with van der Waals surface area (Å²) in [5.41, 5.74) is 1.26. The first-order chi connectivity index (χ1) is 15.2. The Morgan fingerprint density at radius 3 is 2.53 bits per heavy atom. The molecule has 0 bridgehead atoms. The largest absolute Gasteiger partial charge is 0.469 e. The maximum atomic E-state index is 13.9. The van der Waals surface area contributed by atoms with E-state index in [0.29, 0.717) is 12.1 Å². The second-order valence-corrected chi connectivity index (χ2v) is 7.34. The van der Waals surface area contributed by atoms with Gasteiger partial charge in [0, 0.05) is 17.8 Å². The maximum absolute atomic E-state index is 13.9. The molecule has 9 nitrogen and oxygen atoms in total. The van der Waals surface area contributed by atoms with Gasteiger partial charge >= 0.3 is 23.4 Å². The molecule has 0 aromatic heterocycles. The van der Waals surface area contributed by atoms with Crippen molar-refractivity contribution < 1.29 is 31.7 Å². The van der Waals surface area contributed by atoms with Crippen LogP contribution in [-0.2, 0) is 31.5 Å². The fourth-order valence-electron chi connectivity index (χ4n) is 2.80. The predicted molar refractivity (Wildman–Crippen MR) is 116 cm³/mol. The summed E-state index contributed by atoms with van der Waals surface area (Å²) in [7, 11) is 1.31. The van der Waals surface area contributed by atoms with E-state index in [1.54, 1.807) is 30.3 Å². The first-order valence-corrected chi connectivity index (χ1v) is 10.5. The number of carbonyl (C=O) groups is 2. The normalized spacial score (nSPS) is 12.3. The van der Waals surface area contributed by atoms with Gasteiger partial charge in [-0.25, -0.2) is 9.18 Å². The zero-order chi connectivity index (χ0) is 23.7. The van der Waals surface area contributed by atoms with Gasteiger partial charge in [0.15, 0.2) is 0 Å². The molecule has 0 aliphatic rings. The average Bonchev–Trinajstić information content (AvgIpc) is 2.75. The number of urea groups is 1. The van der Waals surface area contributed by atoms with Crippen LogP contribution in [0, 0.1) is 17.1 Å². The maximum Gasteiger partial charge on any atom is 0.326 e. The molecule has 0 spiro atoms. The monoisotopic (exact) mass is 463 g/mol. The van der Waals surface area contributed by atoms with E-state index in [1.807, 2.05) is 0 Å². The van der Waals surface area contributed by atoms with Gasteiger partial charge in [-0.05, 0) is 49.2 Å². The van der Waals surface area contributed by atoms with Crippen LogP contribution in [0.4, 0.5) is 20.6 Å². The smallest absolute Gasteiger partial charge is 0.326 e. The minimum atomic E-state index is -2.52. The lowest BCUT2D eigenvalue weighted by atomic mass is 10.1. The summed E-state index contributed by atoms with van der Waals surface area (Å²) in [6, 6.07) is 11.5. The van der Waals surface area contributed by atoms with E-state index in [0.717, 1.165) is 11.6 Å². The number of hydrogen-bond acceptors (Lipinski definition) is 6. The summed E-state index contributed by atoms with van der Waals surface area (Å²) < 4.78 is 43.2. The number of anilines is 2. The van der Waals surface area contributed by atoms with E-state index in [-0.39, 0.29) is 30.2 Å². The van der Waals surface area contributed by atoms with Gasteiger partial charge in [-0.2, -0.15) is 9.47 Å². The Hall–Kier alpha value is -3.33. The third-order valence-corrected chi connectivity index (χ3v) is 4.86. The molecule has 2 atom stereocenters. The predicted octanol–water partition coefficient (Wildman–Crippen LogP) is 3.38. The Kier molecular flexibility index (Phi) is 9.27. The number of carbonyl (C=O) groups excluding carboxylic acids is 2. The van der Waals surface area contributed by atoms with Gasteiger partial charge in [-0.3, -0.25) is 18.4 Å². The summed E-state index contributed by atoms with van der Waals surface area (Å²) >= 11 is -2.52. The molecule has 0 aliphatic carbocycles. The van der Waals surface area contributed by atoms with E-state index in [1.165, 1.54) is 31.1 Å². The van der Waals surface area contributed by atoms with Gasteiger partial charge in [0.2, 0.25) is 0 Å². The van der Waals surface area contributed by atoms with Crippen LogP contribution in [0.15, 0.2) is 42.5 Å². The van der Waals surface area contributed by atoms with Crippen LogP contribution < -0.4 is 10.2 Å². The Labute approximate surface area is 187 Å². The number of aryl methyl sites for hydroxylation is 1. The summed E-state index contributed by atoms with van der Waals surface area (Å²) in [6.45, 7) is 1.43. The molecule has 2 unspecified atom stereocenters. The molecule has 2 aromatic carbocycles. The number of esters is 1. The number of nitriles is 1. The van der Waals surface area contributed by atoms with E-state index in [4.69, 9.17) is 14.0 Å². The second kappa shape index (κ2) is 11.9. The van der Waals surface area contributed by atoms with Crippen molar-refractivity contribution >= 4 is 34.7 Å². The molecule has 2 aromatic rings. The lowest BCUT2D eigenvalue weighted by molar-refractivity contribution is -0.140. The molecule has 0 saturated carbocycles.